The second-order valence-electron chi connectivity index (χ2n) is 14.6. The van der Waals surface area contributed by atoms with Gasteiger partial charge in [-0.05, 0) is 57.3 Å². The van der Waals surface area contributed by atoms with Gasteiger partial charge in [0.15, 0.2) is 0 Å². The van der Waals surface area contributed by atoms with Crippen molar-refractivity contribution in [3.05, 3.63) is 0 Å². The van der Waals surface area contributed by atoms with Crippen LogP contribution in [0.2, 0.25) is 0 Å². The van der Waals surface area contributed by atoms with Crippen molar-refractivity contribution in [3.8, 4) is 0 Å². The first-order chi connectivity index (χ1) is 25.5. The van der Waals surface area contributed by atoms with Crippen LogP contribution in [0.1, 0.15) is 234 Å². The minimum absolute atomic E-state index is 0.137. The van der Waals surface area contributed by atoms with Gasteiger partial charge in [-0.15, -0.1) is 49.3 Å². The minimum Gasteiger partial charge on any atom is -0.214 e. The summed E-state index contributed by atoms with van der Waals surface area (Å²) in [5.41, 5.74) is -0.411. The van der Waals surface area contributed by atoms with Gasteiger partial charge < -0.3 is 0 Å². The Morgan fingerprint density at radius 1 is 0.308 bits per heavy atom. The summed E-state index contributed by atoms with van der Waals surface area (Å²) in [6.07, 6.45) is 40.3. The maximum Gasteiger partial charge on any atom is 0.421 e. The second kappa shape index (κ2) is 44.9. The summed E-state index contributed by atoms with van der Waals surface area (Å²) in [6, 6.07) is 0. The van der Waals surface area contributed by atoms with E-state index < -0.39 is 8.60 Å². The van der Waals surface area contributed by atoms with Crippen LogP contribution in [0, 0.1) is 0 Å². The van der Waals surface area contributed by atoms with E-state index in [1.54, 1.807) is 35.3 Å². The molecule has 0 rings (SSSR count). The Morgan fingerprint density at radius 2 is 0.500 bits per heavy atom. The molecule has 52 heavy (non-hydrogen) atoms. The van der Waals surface area contributed by atoms with Crippen molar-refractivity contribution in [1.29, 1.82) is 0 Å². The summed E-state index contributed by atoms with van der Waals surface area (Å²) in [5, 5.41) is 0. The quantitative estimate of drug-likeness (QED) is 0.0197. The predicted octanol–water partition coefficient (Wildman–Crippen LogP) is 17.1. The average molecular weight is 815 g/mol. The lowest BCUT2D eigenvalue weighted by Crippen LogP contribution is -2.10. The molecule has 0 spiro atoms. The van der Waals surface area contributed by atoms with E-state index in [2.05, 4.69) is 20.8 Å². The van der Waals surface area contributed by atoms with Crippen LogP contribution in [0.25, 0.3) is 0 Å². The minimum atomic E-state index is -1.97. The molecule has 6 nitrogen and oxygen atoms in total. The monoisotopic (exact) mass is 815 g/mol. The van der Waals surface area contributed by atoms with Crippen molar-refractivity contribution < 1.29 is 28.7 Å². The average Bonchev–Trinajstić information content (AvgIpc) is 3.14. The molecule has 0 aromatic heterocycles. The highest BCUT2D eigenvalue weighted by atomic mass is 32.2. The maximum atomic E-state index is 5.67. The Morgan fingerprint density at radius 3 is 0.712 bits per heavy atom. The van der Waals surface area contributed by atoms with Crippen molar-refractivity contribution in [1.82, 2.24) is 0 Å². The Kier molecular flexibility index (Phi) is 46.0. The van der Waals surface area contributed by atoms with E-state index in [0.29, 0.717) is 0 Å². The van der Waals surface area contributed by atoms with Crippen molar-refractivity contribution in [2.45, 2.75) is 250 Å². The molecule has 0 N–H and O–H groups in total. The molecule has 0 saturated carbocycles. The van der Waals surface area contributed by atoms with Gasteiger partial charge in [-0.25, -0.2) is 14.7 Å². The molecular weight excluding hydrogens is 728 g/mol. The molecule has 0 bridgehead atoms. The molecule has 0 amide bonds. The van der Waals surface area contributed by atoms with E-state index in [0.717, 1.165) is 17.3 Å². The van der Waals surface area contributed by atoms with Crippen molar-refractivity contribution in [2.24, 2.45) is 0 Å². The van der Waals surface area contributed by atoms with E-state index in [1.807, 2.05) is 20.8 Å². The van der Waals surface area contributed by atoms with E-state index in [-0.39, 0.29) is 16.3 Å². The highest BCUT2D eigenvalue weighted by Crippen LogP contribution is 2.43. The van der Waals surface area contributed by atoms with Gasteiger partial charge in [-0.3, -0.25) is 0 Å². The smallest absolute Gasteiger partial charge is 0.214 e. The van der Waals surface area contributed by atoms with Crippen LogP contribution in [0.15, 0.2) is 0 Å². The van der Waals surface area contributed by atoms with Gasteiger partial charge >= 0.3 is 8.60 Å². The van der Waals surface area contributed by atoms with Crippen molar-refractivity contribution in [3.63, 3.8) is 0 Å². The number of unbranched alkanes of at least 4 members (excludes halogenated alkanes) is 27. The number of hydrogen-bond donors (Lipinski definition) is 0. The van der Waals surface area contributed by atoms with E-state index in [4.69, 9.17) is 28.7 Å². The zero-order valence-corrected chi connectivity index (χ0v) is 38.5. The predicted molar refractivity (Wildman–Crippen MR) is 235 cm³/mol. The molecule has 0 aromatic carbocycles. The molecule has 10 heteroatoms. The number of rotatable bonds is 45. The lowest BCUT2D eigenvalue weighted by Gasteiger charge is -2.19. The standard InChI is InChI=1S/C42H87O6PS3/c1-7-10-13-16-19-22-25-28-31-34-37-50-40(4)43-46-49(47-44-41(5)51-38-35-32-29-26-23-20-17-14-11-8-2)48-45-42(6)52-39-36-33-30-27-24-21-18-15-12-9-3/h40-42H,7-39H2,1-6H3. The summed E-state index contributed by atoms with van der Waals surface area (Å²) >= 11 is 5.27. The fourth-order valence-corrected chi connectivity index (χ4v) is 9.16. The van der Waals surface area contributed by atoms with Gasteiger partial charge in [-0.1, -0.05) is 194 Å². The van der Waals surface area contributed by atoms with Crippen molar-refractivity contribution >= 4 is 43.9 Å². The lowest BCUT2D eigenvalue weighted by atomic mass is 10.1. The van der Waals surface area contributed by atoms with Gasteiger partial charge in [0.1, 0.15) is 16.3 Å². The molecule has 0 aliphatic carbocycles. The molecule has 0 saturated heterocycles. The topological polar surface area (TPSA) is 55.4 Å². The highest BCUT2D eigenvalue weighted by Gasteiger charge is 2.23. The molecule has 314 valence electrons. The zero-order valence-electron chi connectivity index (χ0n) is 35.2. The Hall–Kier alpha value is 1.24. The normalized spacial score (nSPS) is 14.2. The molecule has 0 aliphatic heterocycles. The van der Waals surface area contributed by atoms with E-state index >= 15 is 0 Å². The molecule has 0 aliphatic rings. The molecule has 3 atom stereocenters. The van der Waals surface area contributed by atoms with Gasteiger partial charge in [0.05, 0.1) is 0 Å². The van der Waals surface area contributed by atoms with E-state index in [1.165, 1.54) is 193 Å². The molecule has 0 radical (unpaired) electrons. The summed E-state index contributed by atoms with van der Waals surface area (Å²) in [6.45, 7) is 12.9. The third-order valence-electron chi connectivity index (χ3n) is 9.27. The number of hydrogen-bond acceptors (Lipinski definition) is 9. The van der Waals surface area contributed by atoms with Crippen LogP contribution in [0.3, 0.4) is 0 Å². The molecule has 0 heterocycles. The van der Waals surface area contributed by atoms with Gasteiger partial charge in [0.2, 0.25) is 0 Å². The third-order valence-corrected chi connectivity index (χ3v) is 13.1. The van der Waals surface area contributed by atoms with Gasteiger partial charge in [-0.2, -0.15) is 0 Å². The summed E-state index contributed by atoms with van der Waals surface area (Å²) in [5.74, 6) is 3.15. The van der Waals surface area contributed by atoms with Crippen LogP contribution >= 0.6 is 43.9 Å². The van der Waals surface area contributed by atoms with E-state index in [9.17, 15) is 0 Å². The fraction of sp³-hybridized carbons (Fsp3) is 1.00. The second-order valence-corrected chi connectivity index (χ2v) is 19.7. The summed E-state index contributed by atoms with van der Waals surface area (Å²) < 4.78 is 16.8. The van der Waals surface area contributed by atoms with Crippen LogP contribution < -0.4 is 0 Å². The lowest BCUT2D eigenvalue weighted by molar-refractivity contribution is -0.317. The van der Waals surface area contributed by atoms with Gasteiger partial charge in [0.25, 0.3) is 0 Å². The Balaban J connectivity index is 4.30. The Labute approximate surface area is 338 Å². The van der Waals surface area contributed by atoms with Gasteiger partial charge in [0, 0.05) is 0 Å². The Bertz CT molecular complexity index is 586. The fourth-order valence-electron chi connectivity index (χ4n) is 5.92. The van der Waals surface area contributed by atoms with Crippen molar-refractivity contribution in [2.75, 3.05) is 17.3 Å². The van der Waals surface area contributed by atoms with Crippen LogP contribution in [0.4, 0.5) is 0 Å². The first kappa shape index (κ1) is 53.2. The number of thioether (sulfide) groups is 3. The molecule has 0 aromatic rings. The molecule has 0 fully saturated rings. The SMILES string of the molecule is CCCCCCCCCCCCSC(C)OOP(OOC(C)SCCCCCCCCCCCC)OOC(C)SCCCCCCCCCCCC. The highest BCUT2D eigenvalue weighted by molar-refractivity contribution is 8.00. The maximum absolute atomic E-state index is 5.67. The molecule has 3 unspecified atom stereocenters. The summed E-state index contributed by atoms with van der Waals surface area (Å²) in [7, 11) is -1.97. The first-order valence-corrected chi connectivity index (χ1v) is 26.4. The van der Waals surface area contributed by atoms with Crippen LogP contribution in [-0.4, -0.2) is 33.6 Å². The summed E-state index contributed by atoms with van der Waals surface area (Å²) in [4.78, 5) is 17.0. The molecular formula is C42H87O6PS3. The first-order valence-electron chi connectivity index (χ1n) is 22.2. The van der Waals surface area contributed by atoms with Crippen LogP contribution in [-0.2, 0) is 28.7 Å². The van der Waals surface area contributed by atoms with Crippen LogP contribution in [0.5, 0.6) is 0 Å². The third kappa shape index (κ3) is 42.4. The zero-order chi connectivity index (χ0) is 38.0. The largest absolute Gasteiger partial charge is 0.421 e.